The Morgan fingerprint density at radius 2 is 1.96 bits per heavy atom. The number of rotatable bonds is 4. The van der Waals surface area contributed by atoms with Crippen LogP contribution in [-0.2, 0) is 11.2 Å². The molecule has 6 heteroatoms. The summed E-state index contributed by atoms with van der Waals surface area (Å²) in [5.41, 5.74) is 1.95. The van der Waals surface area contributed by atoms with E-state index in [2.05, 4.69) is 0 Å². The Labute approximate surface area is 151 Å². The molecular formula is C20H19NO5. The van der Waals surface area contributed by atoms with Gasteiger partial charge in [0.05, 0.1) is 18.0 Å². The molecule has 2 aromatic carbocycles. The maximum atomic E-state index is 12.8. The highest BCUT2D eigenvalue weighted by atomic mass is 16.7. The van der Waals surface area contributed by atoms with E-state index < -0.39 is 5.97 Å². The van der Waals surface area contributed by atoms with Crippen LogP contribution >= 0.6 is 0 Å². The van der Waals surface area contributed by atoms with Crippen molar-refractivity contribution in [2.45, 2.75) is 25.3 Å². The van der Waals surface area contributed by atoms with Gasteiger partial charge in [0, 0.05) is 6.54 Å². The first-order valence-electron chi connectivity index (χ1n) is 8.63. The van der Waals surface area contributed by atoms with Gasteiger partial charge in [0.2, 0.25) is 12.7 Å². The minimum atomic E-state index is -0.987. The molecule has 4 rings (SSSR count). The predicted octanol–water partition coefficient (Wildman–Crippen LogP) is 3.02. The van der Waals surface area contributed by atoms with Gasteiger partial charge < -0.3 is 19.5 Å². The summed E-state index contributed by atoms with van der Waals surface area (Å²) >= 11 is 0. The van der Waals surface area contributed by atoms with Crippen LogP contribution in [0.2, 0.25) is 0 Å². The van der Waals surface area contributed by atoms with E-state index in [4.69, 9.17) is 14.6 Å². The van der Waals surface area contributed by atoms with Crippen LogP contribution in [0.1, 0.15) is 40.4 Å². The molecule has 0 aromatic heterocycles. The number of hydrogen-bond donors (Lipinski definition) is 1. The van der Waals surface area contributed by atoms with Crippen LogP contribution in [0, 0.1) is 0 Å². The van der Waals surface area contributed by atoms with Crippen LogP contribution in [0.5, 0.6) is 11.5 Å². The molecule has 134 valence electrons. The van der Waals surface area contributed by atoms with Crippen LogP contribution in [0.25, 0.3) is 0 Å². The zero-order valence-electron chi connectivity index (χ0n) is 14.2. The largest absolute Gasteiger partial charge is 0.478 e. The summed E-state index contributed by atoms with van der Waals surface area (Å²) in [6.45, 7) is 0.933. The highest BCUT2D eigenvalue weighted by molar-refractivity contribution is 5.88. The molecule has 26 heavy (non-hydrogen) atoms. The Kier molecular flexibility index (Phi) is 4.24. The van der Waals surface area contributed by atoms with Gasteiger partial charge >= 0.3 is 5.97 Å². The number of aromatic carboxylic acids is 1. The molecule has 0 unspecified atom stereocenters. The van der Waals surface area contributed by atoms with Crippen LogP contribution in [0.3, 0.4) is 0 Å². The molecule has 0 aliphatic carbocycles. The van der Waals surface area contributed by atoms with Crippen molar-refractivity contribution in [3.8, 4) is 11.5 Å². The molecule has 2 aliphatic heterocycles. The quantitative estimate of drug-likeness (QED) is 0.914. The first-order chi connectivity index (χ1) is 12.6. The molecule has 2 aromatic rings. The number of carboxylic acid groups (broad SMARTS) is 1. The maximum Gasteiger partial charge on any atom is 0.335 e. The Morgan fingerprint density at radius 1 is 1.12 bits per heavy atom. The summed E-state index contributed by atoms with van der Waals surface area (Å²) in [7, 11) is 0. The Balaban J connectivity index is 1.52. The number of ether oxygens (including phenoxy) is 2. The van der Waals surface area contributed by atoms with E-state index in [1.54, 1.807) is 18.2 Å². The lowest BCUT2D eigenvalue weighted by atomic mass is 10.0. The van der Waals surface area contributed by atoms with Crippen molar-refractivity contribution >= 4 is 11.9 Å². The van der Waals surface area contributed by atoms with Crippen molar-refractivity contribution in [2.24, 2.45) is 0 Å². The Morgan fingerprint density at radius 3 is 2.81 bits per heavy atom. The van der Waals surface area contributed by atoms with Gasteiger partial charge in [-0.15, -0.1) is 0 Å². The molecule has 2 heterocycles. The fourth-order valence-electron chi connectivity index (χ4n) is 3.62. The third kappa shape index (κ3) is 3.10. The van der Waals surface area contributed by atoms with Gasteiger partial charge in [-0.2, -0.15) is 0 Å². The van der Waals surface area contributed by atoms with Crippen LogP contribution in [0.15, 0.2) is 42.5 Å². The van der Waals surface area contributed by atoms with E-state index in [1.807, 2.05) is 23.1 Å². The summed E-state index contributed by atoms with van der Waals surface area (Å²) < 4.78 is 10.8. The van der Waals surface area contributed by atoms with Crippen molar-refractivity contribution in [1.29, 1.82) is 0 Å². The van der Waals surface area contributed by atoms with E-state index in [1.165, 1.54) is 6.07 Å². The summed E-state index contributed by atoms with van der Waals surface area (Å²) in [6, 6.07) is 12.4. The second-order valence-corrected chi connectivity index (χ2v) is 6.54. The van der Waals surface area contributed by atoms with Crippen LogP contribution in [-0.4, -0.2) is 35.2 Å². The summed E-state index contributed by atoms with van der Waals surface area (Å²) in [5.74, 6) is 0.470. The Hall–Kier alpha value is -3.02. The lowest BCUT2D eigenvalue weighted by Gasteiger charge is -2.25. The van der Waals surface area contributed by atoms with Gasteiger partial charge in [-0.05, 0) is 48.2 Å². The molecule has 0 saturated carbocycles. The van der Waals surface area contributed by atoms with Gasteiger partial charge in [0.1, 0.15) is 0 Å². The molecule has 0 radical (unpaired) electrons. The molecule has 1 amide bonds. The zero-order chi connectivity index (χ0) is 18.1. The molecule has 1 N–H and O–H groups in total. The number of hydrogen-bond acceptors (Lipinski definition) is 4. The highest BCUT2D eigenvalue weighted by Gasteiger charge is 2.31. The van der Waals surface area contributed by atoms with E-state index in [0.29, 0.717) is 12.1 Å². The van der Waals surface area contributed by atoms with Crippen LogP contribution in [0.4, 0.5) is 0 Å². The number of likely N-dealkylation sites (tertiary alicyclic amines) is 1. The van der Waals surface area contributed by atoms with Crippen molar-refractivity contribution < 1.29 is 24.2 Å². The second kappa shape index (κ2) is 6.71. The van der Waals surface area contributed by atoms with E-state index >= 15 is 0 Å². The third-order valence-electron chi connectivity index (χ3n) is 4.88. The molecule has 1 atom stereocenters. The van der Waals surface area contributed by atoms with Gasteiger partial charge in [-0.1, -0.05) is 18.2 Å². The molecule has 6 nitrogen and oxygen atoms in total. The highest BCUT2D eigenvalue weighted by Crippen LogP contribution is 2.39. The van der Waals surface area contributed by atoms with E-state index in [9.17, 15) is 9.59 Å². The van der Waals surface area contributed by atoms with Gasteiger partial charge in [0.15, 0.2) is 11.5 Å². The number of fused-ring (bicyclic) bond motifs is 1. The molecule has 0 bridgehead atoms. The number of carbonyl (C=O) groups is 2. The summed E-state index contributed by atoms with van der Waals surface area (Å²) in [6.07, 6.45) is 2.04. The zero-order valence-corrected chi connectivity index (χ0v) is 14.2. The molecular weight excluding hydrogens is 334 g/mol. The first kappa shape index (κ1) is 16.4. The van der Waals surface area contributed by atoms with Crippen molar-refractivity contribution in [2.75, 3.05) is 13.3 Å². The standard InChI is InChI=1S/C20H19NO5/c22-19(10-13-3-1-4-15(9-13)20(23)24)21-8-2-5-16(21)14-6-7-17-18(11-14)26-12-25-17/h1,3-4,6-7,9,11,16H,2,5,8,10,12H2,(H,23,24)/t16-/m1/s1. The van der Waals surface area contributed by atoms with Crippen molar-refractivity contribution in [1.82, 2.24) is 4.90 Å². The van der Waals surface area contributed by atoms with Gasteiger partial charge in [0.25, 0.3) is 0 Å². The molecule has 2 aliphatic rings. The average molecular weight is 353 g/mol. The first-order valence-corrected chi connectivity index (χ1v) is 8.63. The fourth-order valence-corrected chi connectivity index (χ4v) is 3.62. The monoisotopic (exact) mass is 353 g/mol. The summed E-state index contributed by atoms with van der Waals surface area (Å²) in [4.78, 5) is 25.8. The number of carbonyl (C=O) groups excluding carboxylic acids is 1. The minimum Gasteiger partial charge on any atom is -0.478 e. The minimum absolute atomic E-state index is 0.00713. The van der Waals surface area contributed by atoms with Crippen LogP contribution < -0.4 is 9.47 Å². The van der Waals surface area contributed by atoms with E-state index in [-0.39, 0.29) is 30.7 Å². The van der Waals surface area contributed by atoms with E-state index in [0.717, 1.165) is 29.9 Å². The van der Waals surface area contributed by atoms with Crippen molar-refractivity contribution in [3.63, 3.8) is 0 Å². The van der Waals surface area contributed by atoms with Gasteiger partial charge in [-0.25, -0.2) is 4.79 Å². The lowest BCUT2D eigenvalue weighted by molar-refractivity contribution is -0.131. The second-order valence-electron chi connectivity index (χ2n) is 6.54. The summed E-state index contributed by atoms with van der Waals surface area (Å²) in [5, 5.41) is 9.11. The Bertz CT molecular complexity index is 863. The normalized spacial score (nSPS) is 18.2. The smallest absolute Gasteiger partial charge is 0.335 e. The fraction of sp³-hybridized carbons (Fsp3) is 0.300. The molecule has 1 fully saturated rings. The number of amides is 1. The number of benzene rings is 2. The molecule has 1 saturated heterocycles. The lowest BCUT2D eigenvalue weighted by Crippen LogP contribution is -2.31. The average Bonchev–Trinajstić information content (AvgIpc) is 3.30. The van der Waals surface area contributed by atoms with Crippen molar-refractivity contribution in [3.05, 3.63) is 59.2 Å². The number of carboxylic acids is 1. The molecule has 0 spiro atoms. The maximum absolute atomic E-state index is 12.8. The van der Waals surface area contributed by atoms with Gasteiger partial charge in [-0.3, -0.25) is 4.79 Å². The number of nitrogens with zero attached hydrogens (tertiary/aromatic N) is 1. The predicted molar refractivity (Wildman–Crippen MR) is 93.4 cm³/mol. The third-order valence-corrected chi connectivity index (χ3v) is 4.88. The SMILES string of the molecule is O=C(O)c1cccc(CC(=O)N2CCC[C@@H]2c2ccc3c(c2)OCO3)c1. The topological polar surface area (TPSA) is 76.1 Å².